The lowest BCUT2D eigenvalue weighted by atomic mass is 10.1. The van der Waals surface area contributed by atoms with Gasteiger partial charge < -0.3 is 20.3 Å². The van der Waals surface area contributed by atoms with Gasteiger partial charge in [-0.15, -0.1) is 0 Å². The monoisotopic (exact) mass is 517 g/mol. The van der Waals surface area contributed by atoms with Crippen LogP contribution in [0.2, 0.25) is 0 Å². The molecule has 11 heteroatoms. The van der Waals surface area contributed by atoms with Gasteiger partial charge in [-0.2, -0.15) is 13.2 Å². The van der Waals surface area contributed by atoms with E-state index in [2.05, 4.69) is 10.6 Å². The predicted octanol–water partition coefficient (Wildman–Crippen LogP) is 4.25. The quantitative estimate of drug-likeness (QED) is 0.416. The number of nitrogens with one attached hydrogen (secondary N) is 2. The molecule has 3 rings (SSSR count). The first-order valence-corrected chi connectivity index (χ1v) is 11.0. The van der Waals surface area contributed by atoms with Gasteiger partial charge in [0.25, 0.3) is 5.91 Å². The number of carbonyl (C=O) groups is 3. The van der Waals surface area contributed by atoms with Crippen molar-refractivity contribution >= 4 is 23.4 Å². The van der Waals surface area contributed by atoms with Gasteiger partial charge >= 0.3 is 6.18 Å². The molecule has 0 saturated carbocycles. The average molecular weight is 517 g/mol. The van der Waals surface area contributed by atoms with Crippen molar-refractivity contribution < 1.29 is 36.7 Å². The second kappa shape index (κ2) is 12.0. The fraction of sp³-hybridized carbons (Fsp3) is 0.192. The fourth-order valence-corrected chi connectivity index (χ4v) is 3.31. The summed E-state index contributed by atoms with van der Waals surface area (Å²) in [6.07, 6.45) is -4.66. The molecule has 37 heavy (non-hydrogen) atoms. The van der Waals surface area contributed by atoms with Crippen molar-refractivity contribution in [1.82, 2.24) is 10.2 Å². The van der Waals surface area contributed by atoms with Gasteiger partial charge in [-0.25, -0.2) is 4.39 Å². The van der Waals surface area contributed by atoms with E-state index >= 15 is 0 Å². The van der Waals surface area contributed by atoms with Crippen LogP contribution >= 0.6 is 0 Å². The summed E-state index contributed by atoms with van der Waals surface area (Å²) in [4.78, 5) is 38.8. The summed E-state index contributed by atoms with van der Waals surface area (Å²) in [5, 5.41) is 4.97. The van der Waals surface area contributed by atoms with E-state index in [4.69, 9.17) is 4.74 Å². The molecule has 3 aromatic carbocycles. The molecule has 194 valence electrons. The summed E-state index contributed by atoms with van der Waals surface area (Å²) < 4.78 is 57.7. The Hall–Kier alpha value is -4.41. The van der Waals surface area contributed by atoms with Crippen LogP contribution in [0.15, 0.2) is 72.8 Å². The highest BCUT2D eigenvalue weighted by Gasteiger charge is 2.31. The van der Waals surface area contributed by atoms with Crippen LogP contribution in [0.5, 0.6) is 5.75 Å². The average Bonchev–Trinajstić information content (AvgIpc) is 2.88. The molecule has 0 aromatic heterocycles. The van der Waals surface area contributed by atoms with Crippen molar-refractivity contribution in [2.75, 3.05) is 25.5 Å². The van der Waals surface area contributed by atoms with Crippen LogP contribution < -0.4 is 15.4 Å². The van der Waals surface area contributed by atoms with Crippen molar-refractivity contribution in [3.05, 3.63) is 95.3 Å². The number of benzene rings is 3. The molecule has 0 atom stereocenters. The van der Waals surface area contributed by atoms with Gasteiger partial charge in [0, 0.05) is 17.8 Å². The SMILES string of the molecule is COc1ccc(NC(=O)CNC(=O)CN(Cc2ccc(F)cc2)C(=O)c2cccc(C(F)(F)F)c2)cc1. The van der Waals surface area contributed by atoms with Gasteiger partial charge in [-0.05, 0) is 60.2 Å². The lowest BCUT2D eigenvalue weighted by Gasteiger charge is -2.23. The van der Waals surface area contributed by atoms with Crippen LogP contribution in [0, 0.1) is 5.82 Å². The first-order valence-electron chi connectivity index (χ1n) is 11.0. The maximum Gasteiger partial charge on any atom is 0.416 e. The normalized spacial score (nSPS) is 10.9. The number of amides is 3. The number of anilines is 1. The van der Waals surface area contributed by atoms with Crippen LogP contribution in [-0.4, -0.2) is 42.8 Å². The highest BCUT2D eigenvalue weighted by Crippen LogP contribution is 2.30. The third-order valence-electron chi connectivity index (χ3n) is 5.17. The third kappa shape index (κ3) is 8.06. The summed E-state index contributed by atoms with van der Waals surface area (Å²) in [6.45, 7) is -1.14. The molecule has 0 aliphatic heterocycles. The Morgan fingerprint density at radius 3 is 2.22 bits per heavy atom. The Kier molecular flexibility index (Phi) is 8.83. The first-order chi connectivity index (χ1) is 17.5. The van der Waals surface area contributed by atoms with Gasteiger partial charge in [0.1, 0.15) is 18.1 Å². The minimum absolute atomic E-state index is 0.180. The Balaban J connectivity index is 1.69. The zero-order chi connectivity index (χ0) is 27.0. The number of hydrogen-bond donors (Lipinski definition) is 2. The van der Waals surface area contributed by atoms with E-state index in [9.17, 15) is 31.9 Å². The summed E-state index contributed by atoms with van der Waals surface area (Å²) >= 11 is 0. The minimum atomic E-state index is -4.66. The van der Waals surface area contributed by atoms with E-state index in [0.29, 0.717) is 23.1 Å². The van der Waals surface area contributed by atoms with Crippen molar-refractivity contribution in [3.8, 4) is 5.75 Å². The number of carbonyl (C=O) groups excluding carboxylic acids is 3. The molecule has 0 spiro atoms. The van der Waals surface area contributed by atoms with Gasteiger partial charge in [0.05, 0.1) is 19.2 Å². The van der Waals surface area contributed by atoms with E-state index in [0.717, 1.165) is 29.2 Å². The standard InChI is InChI=1S/C26H23F4N3O4/c1-37-22-11-9-21(10-12-22)32-23(34)14-31-24(35)16-33(15-17-5-7-20(27)8-6-17)25(36)18-3-2-4-19(13-18)26(28,29)30/h2-13H,14-16H2,1H3,(H,31,35)(H,32,34). The van der Waals surface area contributed by atoms with E-state index < -0.39 is 48.4 Å². The van der Waals surface area contributed by atoms with Gasteiger partial charge in [0.2, 0.25) is 11.8 Å². The zero-order valence-electron chi connectivity index (χ0n) is 19.6. The molecule has 0 unspecified atom stereocenters. The molecule has 7 nitrogen and oxygen atoms in total. The summed E-state index contributed by atoms with van der Waals surface area (Å²) in [5.74, 6) is -2.01. The van der Waals surface area contributed by atoms with Crippen LogP contribution in [-0.2, 0) is 22.3 Å². The first kappa shape index (κ1) is 27.2. The van der Waals surface area contributed by atoms with Crippen LogP contribution in [0.3, 0.4) is 0 Å². The lowest BCUT2D eigenvalue weighted by molar-refractivity contribution is -0.137. The van der Waals surface area contributed by atoms with Crippen molar-refractivity contribution in [3.63, 3.8) is 0 Å². The zero-order valence-corrected chi connectivity index (χ0v) is 19.6. The largest absolute Gasteiger partial charge is 0.497 e. The van der Waals surface area contributed by atoms with Crippen molar-refractivity contribution in [2.45, 2.75) is 12.7 Å². The summed E-state index contributed by atoms with van der Waals surface area (Å²) in [6, 6.07) is 15.4. The van der Waals surface area contributed by atoms with Crippen LogP contribution in [0.1, 0.15) is 21.5 Å². The smallest absolute Gasteiger partial charge is 0.416 e. The number of halogens is 4. The second-order valence-corrected chi connectivity index (χ2v) is 7.92. The number of alkyl halides is 3. The number of methoxy groups -OCH3 is 1. The van der Waals surface area contributed by atoms with E-state index in [1.165, 1.54) is 25.3 Å². The van der Waals surface area contributed by atoms with E-state index in [1.54, 1.807) is 24.3 Å². The minimum Gasteiger partial charge on any atom is -0.497 e. The fourth-order valence-electron chi connectivity index (χ4n) is 3.31. The summed E-state index contributed by atoms with van der Waals surface area (Å²) in [7, 11) is 1.50. The molecule has 0 fully saturated rings. The number of nitrogens with zero attached hydrogens (tertiary/aromatic N) is 1. The molecule has 0 heterocycles. The maximum atomic E-state index is 13.3. The molecule has 2 N–H and O–H groups in total. The molecule has 0 aliphatic carbocycles. The van der Waals surface area contributed by atoms with Gasteiger partial charge in [-0.3, -0.25) is 14.4 Å². The predicted molar refractivity (Wildman–Crippen MR) is 127 cm³/mol. The van der Waals surface area contributed by atoms with Crippen molar-refractivity contribution in [1.29, 1.82) is 0 Å². The molecular formula is C26H23F4N3O4. The van der Waals surface area contributed by atoms with Gasteiger partial charge in [0.15, 0.2) is 0 Å². The highest BCUT2D eigenvalue weighted by molar-refractivity contribution is 5.98. The molecule has 3 aromatic rings. The van der Waals surface area contributed by atoms with Crippen LogP contribution in [0.25, 0.3) is 0 Å². The number of hydrogen-bond acceptors (Lipinski definition) is 4. The summed E-state index contributed by atoms with van der Waals surface area (Å²) in [5.41, 5.74) is -0.369. The van der Waals surface area contributed by atoms with E-state index in [1.807, 2.05) is 0 Å². The second-order valence-electron chi connectivity index (χ2n) is 7.92. The molecule has 0 radical (unpaired) electrons. The topological polar surface area (TPSA) is 87.7 Å². The van der Waals surface area contributed by atoms with E-state index in [-0.39, 0.29) is 12.1 Å². The van der Waals surface area contributed by atoms with Gasteiger partial charge in [-0.1, -0.05) is 18.2 Å². The molecule has 3 amide bonds. The Labute approximate surface area is 210 Å². The third-order valence-corrected chi connectivity index (χ3v) is 5.17. The lowest BCUT2D eigenvalue weighted by Crippen LogP contribution is -2.42. The Bertz CT molecular complexity index is 1250. The van der Waals surface area contributed by atoms with Crippen molar-refractivity contribution in [2.24, 2.45) is 0 Å². The highest BCUT2D eigenvalue weighted by atomic mass is 19.4. The maximum absolute atomic E-state index is 13.3. The molecule has 0 saturated heterocycles. The molecular weight excluding hydrogens is 494 g/mol. The molecule has 0 bridgehead atoms. The number of rotatable bonds is 9. The number of ether oxygens (including phenoxy) is 1. The van der Waals surface area contributed by atoms with Crippen LogP contribution in [0.4, 0.5) is 23.2 Å². The Morgan fingerprint density at radius 1 is 0.919 bits per heavy atom. The Morgan fingerprint density at radius 2 is 1.59 bits per heavy atom. The molecule has 0 aliphatic rings.